The van der Waals surface area contributed by atoms with E-state index < -0.39 is 23.9 Å². The SMILES string of the molecule is CNC(C)(C)O[C@@H](C)C(=O)O[C@H](C)C=O. The van der Waals surface area contributed by atoms with E-state index in [0.29, 0.717) is 6.29 Å². The molecule has 0 aliphatic carbocycles. The highest BCUT2D eigenvalue weighted by Crippen LogP contribution is 2.09. The first-order valence-electron chi connectivity index (χ1n) is 4.85. The zero-order valence-electron chi connectivity index (χ0n) is 9.87. The molecule has 0 radical (unpaired) electrons. The third kappa shape index (κ3) is 5.49. The van der Waals surface area contributed by atoms with E-state index in [0.717, 1.165) is 0 Å². The van der Waals surface area contributed by atoms with Crippen LogP contribution in [0.5, 0.6) is 0 Å². The fourth-order valence-corrected chi connectivity index (χ4v) is 0.856. The molecule has 5 heteroatoms. The molecule has 0 aromatic carbocycles. The summed E-state index contributed by atoms with van der Waals surface area (Å²) >= 11 is 0. The van der Waals surface area contributed by atoms with E-state index in [9.17, 15) is 9.59 Å². The maximum absolute atomic E-state index is 11.4. The van der Waals surface area contributed by atoms with E-state index in [2.05, 4.69) is 5.32 Å². The Morgan fingerprint density at radius 1 is 1.40 bits per heavy atom. The standard InChI is InChI=1S/C10H19NO4/c1-7(6-12)14-9(13)8(2)15-10(3,4)11-5/h6-8,11H,1-5H3/t7-,8+/m1/s1. The summed E-state index contributed by atoms with van der Waals surface area (Å²) in [6.45, 7) is 6.67. The van der Waals surface area contributed by atoms with E-state index in [1.807, 2.05) is 0 Å². The molecule has 0 bridgehead atoms. The van der Waals surface area contributed by atoms with Crippen molar-refractivity contribution in [2.24, 2.45) is 0 Å². The molecule has 0 amide bonds. The van der Waals surface area contributed by atoms with Gasteiger partial charge in [-0.15, -0.1) is 0 Å². The van der Waals surface area contributed by atoms with Crippen molar-refractivity contribution in [1.29, 1.82) is 0 Å². The molecule has 0 heterocycles. The Balaban J connectivity index is 4.15. The van der Waals surface area contributed by atoms with E-state index in [1.54, 1.807) is 27.8 Å². The summed E-state index contributed by atoms with van der Waals surface area (Å²) in [6.07, 6.45) is -0.885. The molecule has 0 aliphatic heterocycles. The van der Waals surface area contributed by atoms with Gasteiger partial charge in [0.2, 0.25) is 0 Å². The highest BCUT2D eigenvalue weighted by Gasteiger charge is 2.25. The summed E-state index contributed by atoms with van der Waals surface area (Å²) in [7, 11) is 1.73. The summed E-state index contributed by atoms with van der Waals surface area (Å²) in [5, 5.41) is 2.89. The fraction of sp³-hybridized carbons (Fsp3) is 0.800. The van der Waals surface area contributed by atoms with Gasteiger partial charge in [-0.2, -0.15) is 0 Å². The summed E-state index contributed by atoms with van der Waals surface area (Å²) < 4.78 is 10.2. The summed E-state index contributed by atoms with van der Waals surface area (Å²) in [5.74, 6) is -0.544. The van der Waals surface area contributed by atoms with Crippen molar-refractivity contribution >= 4 is 12.3 Å². The van der Waals surface area contributed by atoms with E-state index in [-0.39, 0.29) is 0 Å². The molecule has 0 aromatic heterocycles. The smallest absolute Gasteiger partial charge is 0.335 e. The molecule has 0 aliphatic rings. The van der Waals surface area contributed by atoms with Gasteiger partial charge in [0.15, 0.2) is 18.5 Å². The fourth-order valence-electron chi connectivity index (χ4n) is 0.856. The summed E-state index contributed by atoms with van der Waals surface area (Å²) in [5.41, 5.74) is -0.608. The third-order valence-corrected chi connectivity index (χ3v) is 1.90. The third-order valence-electron chi connectivity index (χ3n) is 1.90. The van der Waals surface area contributed by atoms with Gasteiger partial charge in [0.25, 0.3) is 0 Å². The quantitative estimate of drug-likeness (QED) is 0.398. The molecule has 0 fully saturated rings. The van der Waals surface area contributed by atoms with Crippen molar-refractivity contribution < 1.29 is 19.1 Å². The number of nitrogens with one attached hydrogen (secondary N) is 1. The lowest BCUT2D eigenvalue weighted by molar-refractivity contribution is -0.172. The number of ether oxygens (including phenoxy) is 2. The lowest BCUT2D eigenvalue weighted by Crippen LogP contribution is -2.44. The Bertz CT molecular complexity index is 227. The second kappa shape index (κ2) is 5.82. The van der Waals surface area contributed by atoms with Gasteiger partial charge in [0, 0.05) is 0 Å². The van der Waals surface area contributed by atoms with Crippen LogP contribution in [0, 0.1) is 0 Å². The Kier molecular flexibility index (Phi) is 5.46. The van der Waals surface area contributed by atoms with Crippen LogP contribution in [0.25, 0.3) is 0 Å². The molecule has 0 spiro atoms. The second-order valence-corrected chi connectivity index (χ2v) is 3.80. The number of hydrogen-bond acceptors (Lipinski definition) is 5. The van der Waals surface area contributed by atoms with Gasteiger partial charge in [-0.05, 0) is 34.7 Å². The zero-order valence-corrected chi connectivity index (χ0v) is 9.87. The minimum absolute atomic E-state index is 0.544. The molecule has 1 N–H and O–H groups in total. The highest BCUT2D eigenvalue weighted by atomic mass is 16.6. The molecular formula is C10H19NO4. The predicted molar refractivity (Wildman–Crippen MR) is 55.3 cm³/mol. The van der Waals surface area contributed by atoms with Crippen LogP contribution in [0.1, 0.15) is 27.7 Å². The van der Waals surface area contributed by atoms with Gasteiger partial charge in [-0.1, -0.05) is 0 Å². The molecular weight excluding hydrogens is 198 g/mol. The number of rotatable bonds is 6. The molecule has 88 valence electrons. The van der Waals surface area contributed by atoms with Crippen LogP contribution in [-0.2, 0) is 19.1 Å². The van der Waals surface area contributed by atoms with Crippen molar-refractivity contribution in [1.82, 2.24) is 5.32 Å². The number of esters is 1. The second-order valence-electron chi connectivity index (χ2n) is 3.80. The monoisotopic (exact) mass is 217 g/mol. The molecule has 0 aromatic rings. The van der Waals surface area contributed by atoms with Crippen LogP contribution in [-0.4, -0.2) is 37.2 Å². The van der Waals surface area contributed by atoms with Gasteiger partial charge < -0.3 is 9.47 Å². The molecule has 15 heavy (non-hydrogen) atoms. The minimum Gasteiger partial charge on any atom is -0.453 e. The maximum atomic E-state index is 11.4. The van der Waals surface area contributed by atoms with Crippen LogP contribution in [0.2, 0.25) is 0 Å². The van der Waals surface area contributed by atoms with Gasteiger partial charge in [-0.25, -0.2) is 4.79 Å². The molecule has 0 saturated heterocycles. The van der Waals surface area contributed by atoms with Gasteiger partial charge in [-0.3, -0.25) is 10.1 Å². The lowest BCUT2D eigenvalue weighted by Gasteiger charge is -2.27. The number of hydrogen-bond donors (Lipinski definition) is 1. The zero-order chi connectivity index (χ0) is 12.1. The highest BCUT2D eigenvalue weighted by molar-refractivity contribution is 5.76. The van der Waals surface area contributed by atoms with E-state index in [4.69, 9.17) is 9.47 Å². The van der Waals surface area contributed by atoms with Crippen LogP contribution < -0.4 is 5.32 Å². The summed E-state index contributed by atoms with van der Waals surface area (Å²) in [4.78, 5) is 21.6. The Labute approximate surface area is 90.1 Å². The molecule has 0 unspecified atom stereocenters. The largest absolute Gasteiger partial charge is 0.453 e. The van der Waals surface area contributed by atoms with Crippen molar-refractivity contribution in [2.45, 2.75) is 45.6 Å². The van der Waals surface area contributed by atoms with Crippen molar-refractivity contribution in [3.8, 4) is 0 Å². The first-order chi connectivity index (χ1) is 6.82. The average molecular weight is 217 g/mol. The van der Waals surface area contributed by atoms with Crippen LogP contribution in [0.4, 0.5) is 0 Å². The average Bonchev–Trinajstić information content (AvgIpc) is 2.16. The number of carbonyl (C=O) groups excluding carboxylic acids is 2. The molecule has 5 nitrogen and oxygen atoms in total. The van der Waals surface area contributed by atoms with E-state index in [1.165, 1.54) is 6.92 Å². The summed E-state index contributed by atoms with van der Waals surface area (Å²) in [6, 6.07) is 0. The van der Waals surface area contributed by atoms with Crippen molar-refractivity contribution in [2.75, 3.05) is 7.05 Å². The molecule has 0 saturated carbocycles. The minimum atomic E-state index is -0.735. The van der Waals surface area contributed by atoms with Crippen LogP contribution in [0.15, 0.2) is 0 Å². The Morgan fingerprint density at radius 3 is 2.33 bits per heavy atom. The lowest BCUT2D eigenvalue weighted by atomic mass is 10.3. The molecule has 0 rings (SSSR count). The molecule has 2 atom stereocenters. The topological polar surface area (TPSA) is 64.6 Å². The van der Waals surface area contributed by atoms with Crippen molar-refractivity contribution in [3.05, 3.63) is 0 Å². The maximum Gasteiger partial charge on any atom is 0.335 e. The Morgan fingerprint density at radius 2 is 1.93 bits per heavy atom. The predicted octanol–water partition coefficient (Wildman–Crippen LogP) is 0.478. The van der Waals surface area contributed by atoms with Crippen molar-refractivity contribution in [3.63, 3.8) is 0 Å². The van der Waals surface area contributed by atoms with Crippen LogP contribution >= 0.6 is 0 Å². The Hall–Kier alpha value is -0.940. The number of aldehydes is 1. The van der Waals surface area contributed by atoms with Gasteiger partial charge >= 0.3 is 5.97 Å². The van der Waals surface area contributed by atoms with Gasteiger partial charge in [0.1, 0.15) is 5.72 Å². The van der Waals surface area contributed by atoms with E-state index >= 15 is 0 Å². The van der Waals surface area contributed by atoms with Gasteiger partial charge in [0.05, 0.1) is 0 Å². The normalized spacial score (nSPS) is 15.5. The first kappa shape index (κ1) is 14.1. The van der Waals surface area contributed by atoms with Crippen LogP contribution in [0.3, 0.4) is 0 Å². The number of carbonyl (C=O) groups is 2. The first-order valence-corrected chi connectivity index (χ1v) is 4.85.